The van der Waals surface area contributed by atoms with Gasteiger partial charge in [0.25, 0.3) is 0 Å². The van der Waals surface area contributed by atoms with Gasteiger partial charge in [-0.2, -0.15) is 0 Å². The summed E-state index contributed by atoms with van der Waals surface area (Å²) in [4.78, 5) is 4.61. The van der Waals surface area contributed by atoms with Crippen LogP contribution >= 0.6 is 0 Å². The molecule has 1 heterocycles. The Balaban J connectivity index is 2.07. The number of halogens is 1. The number of hydrogen-bond acceptors (Lipinski definition) is 3. The van der Waals surface area contributed by atoms with Gasteiger partial charge in [-0.3, -0.25) is 0 Å². The molecule has 1 aromatic rings. The van der Waals surface area contributed by atoms with Crippen molar-refractivity contribution in [3.8, 4) is 0 Å². The Morgan fingerprint density at radius 3 is 2.55 bits per heavy atom. The molecule has 0 saturated carbocycles. The molecule has 1 atom stereocenters. The third-order valence-electron chi connectivity index (χ3n) is 4.06. The molecule has 0 radical (unpaired) electrons. The summed E-state index contributed by atoms with van der Waals surface area (Å²) in [5.74, 6) is 0.559. The van der Waals surface area contributed by atoms with Gasteiger partial charge in [-0.25, -0.2) is 4.39 Å². The smallest absolute Gasteiger partial charge is 0.123 e. The number of nitrogens with two attached hydrogens (primary N) is 1. The van der Waals surface area contributed by atoms with E-state index in [1.165, 1.54) is 18.9 Å². The van der Waals surface area contributed by atoms with Crippen LogP contribution in [0.5, 0.6) is 0 Å². The maximum Gasteiger partial charge on any atom is 0.123 e. The van der Waals surface area contributed by atoms with Crippen molar-refractivity contribution in [2.24, 2.45) is 11.7 Å². The van der Waals surface area contributed by atoms with Crippen molar-refractivity contribution in [2.45, 2.75) is 25.8 Å². The van der Waals surface area contributed by atoms with Crippen LogP contribution in [0.2, 0.25) is 0 Å². The molecule has 112 valence electrons. The van der Waals surface area contributed by atoms with E-state index in [4.69, 9.17) is 5.73 Å². The van der Waals surface area contributed by atoms with Crippen LogP contribution in [0.4, 0.5) is 10.1 Å². The Morgan fingerprint density at radius 2 is 2.00 bits per heavy atom. The average Bonchev–Trinajstić information content (AvgIpc) is 2.39. The van der Waals surface area contributed by atoms with E-state index in [2.05, 4.69) is 23.9 Å². The molecule has 1 fully saturated rings. The van der Waals surface area contributed by atoms with E-state index in [1.54, 1.807) is 6.07 Å². The lowest BCUT2D eigenvalue weighted by Gasteiger charge is -2.36. The van der Waals surface area contributed by atoms with E-state index in [0.29, 0.717) is 0 Å². The van der Waals surface area contributed by atoms with Gasteiger partial charge in [0, 0.05) is 31.4 Å². The number of rotatable bonds is 4. The fraction of sp³-hybridized carbons (Fsp3) is 0.625. The van der Waals surface area contributed by atoms with Crippen LogP contribution in [0.3, 0.4) is 0 Å². The molecule has 1 aliphatic heterocycles. The highest BCUT2D eigenvalue weighted by atomic mass is 19.1. The molecule has 1 saturated heterocycles. The van der Waals surface area contributed by atoms with Gasteiger partial charge < -0.3 is 15.5 Å². The molecule has 1 aliphatic rings. The molecule has 0 aromatic heterocycles. The van der Waals surface area contributed by atoms with E-state index in [-0.39, 0.29) is 11.9 Å². The van der Waals surface area contributed by atoms with Crippen LogP contribution < -0.4 is 10.6 Å². The minimum absolute atomic E-state index is 0.139. The summed E-state index contributed by atoms with van der Waals surface area (Å²) in [6.45, 7) is 5.13. The lowest BCUT2D eigenvalue weighted by Crippen LogP contribution is -2.37. The Kier molecular flexibility index (Phi) is 5.00. The average molecular weight is 279 g/mol. The molecule has 0 unspecified atom stereocenters. The highest BCUT2D eigenvalue weighted by molar-refractivity contribution is 5.55. The minimum Gasteiger partial charge on any atom is -0.371 e. The first-order chi connectivity index (χ1) is 9.47. The van der Waals surface area contributed by atoms with Crippen LogP contribution in [0.15, 0.2) is 18.2 Å². The minimum atomic E-state index is -0.205. The molecule has 2 rings (SSSR count). The van der Waals surface area contributed by atoms with Crippen molar-refractivity contribution in [3.05, 3.63) is 29.6 Å². The van der Waals surface area contributed by atoms with Crippen molar-refractivity contribution in [2.75, 3.05) is 38.6 Å². The summed E-state index contributed by atoms with van der Waals surface area (Å²) in [5, 5.41) is 0. The molecular weight excluding hydrogens is 253 g/mol. The summed E-state index contributed by atoms with van der Waals surface area (Å²) in [5.41, 5.74) is 8.00. The topological polar surface area (TPSA) is 32.5 Å². The van der Waals surface area contributed by atoms with Gasteiger partial charge in [0.2, 0.25) is 0 Å². The second-order valence-corrected chi connectivity index (χ2v) is 6.18. The largest absolute Gasteiger partial charge is 0.371 e. The van der Waals surface area contributed by atoms with Gasteiger partial charge in [-0.1, -0.05) is 0 Å². The maximum absolute atomic E-state index is 13.4. The molecule has 0 aliphatic carbocycles. The van der Waals surface area contributed by atoms with Crippen molar-refractivity contribution in [1.82, 2.24) is 4.90 Å². The van der Waals surface area contributed by atoms with Crippen LogP contribution in [0.1, 0.15) is 31.4 Å². The lowest BCUT2D eigenvalue weighted by molar-refractivity contribution is 0.285. The molecule has 3 nitrogen and oxygen atoms in total. The summed E-state index contributed by atoms with van der Waals surface area (Å²) < 4.78 is 13.4. The monoisotopic (exact) mass is 279 g/mol. The third-order valence-corrected chi connectivity index (χ3v) is 4.06. The molecular formula is C16H26FN3. The number of anilines is 1. The lowest BCUT2D eigenvalue weighted by atomic mass is 9.95. The van der Waals surface area contributed by atoms with Crippen LogP contribution in [-0.2, 0) is 0 Å². The van der Waals surface area contributed by atoms with Gasteiger partial charge >= 0.3 is 0 Å². The summed E-state index contributed by atoms with van der Waals surface area (Å²) in [6.07, 6.45) is 2.38. The SMILES string of the molecule is C[C@@H](N)c1cc(F)ccc1N1CCC(CN(C)C)CC1. The van der Waals surface area contributed by atoms with Crippen molar-refractivity contribution in [3.63, 3.8) is 0 Å². The number of benzene rings is 1. The van der Waals surface area contributed by atoms with Crippen LogP contribution in [-0.4, -0.2) is 38.6 Å². The number of piperidine rings is 1. The Morgan fingerprint density at radius 1 is 1.35 bits per heavy atom. The standard InChI is InChI=1S/C16H26FN3/c1-12(18)15-10-14(17)4-5-16(15)20-8-6-13(7-9-20)11-19(2)3/h4-5,10,12-13H,6-9,11,18H2,1-3H3/t12-/m1/s1. The Hall–Kier alpha value is -1.13. The van der Waals surface area contributed by atoms with Gasteiger partial charge in [-0.15, -0.1) is 0 Å². The van der Waals surface area contributed by atoms with E-state index in [0.717, 1.165) is 36.8 Å². The Bertz CT molecular complexity index is 437. The molecule has 0 spiro atoms. The predicted octanol–water partition coefficient (Wildman–Crippen LogP) is 2.62. The molecule has 4 heteroatoms. The van der Waals surface area contributed by atoms with E-state index < -0.39 is 0 Å². The third kappa shape index (κ3) is 3.70. The van der Waals surface area contributed by atoms with Gasteiger partial charge in [-0.05, 0) is 63.5 Å². The van der Waals surface area contributed by atoms with Crippen molar-refractivity contribution < 1.29 is 4.39 Å². The first-order valence-corrected chi connectivity index (χ1v) is 7.42. The fourth-order valence-corrected chi connectivity index (χ4v) is 3.05. The van der Waals surface area contributed by atoms with E-state index in [1.807, 2.05) is 13.0 Å². The molecule has 1 aromatic carbocycles. The van der Waals surface area contributed by atoms with Crippen LogP contribution in [0.25, 0.3) is 0 Å². The van der Waals surface area contributed by atoms with Crippen molar-refractivity contribution in [1.29, 1.82) is 0 Å². The highest BCUT2D eigenvalue weighted by Gasteiger charge is 2.22. The maximum atomic E-state index is 13.4. The zero-order valence-electron chi connectivity index (χ0n) is 12.8. The number of nitrogens with zero attached hydrogens (tertiary/aromatic N) is 2. The van der Waals surface area contributed by atoms with Crippen molar-refractivity contribution >= 4 is 5.69 Å². The second kappa shape index (κ2) is 6.55. The van der Waals surface area contributed by atoms with Gasteiger partial charge in [0.05, 0.1) is 0 Å². The molecule has 0 bridgehead atoms. The fourth-order valence-electron chi connectivity index (χ4n) is 3.05. The first kappa shape index (κ1) is 15.3. The molecule has 20 heavy (non-hydrogen) atoms. The summed E-state index contributed by atoms with van der Waals surface area (Å²) in [7, 11) is 4.25. The Labute approximate surface area is 121 Å². The quantitative estimate of drug-likeness (QED) is 0.919. The zero-order chi connectivity index (χ0) is 14.7. The first-order valence-electron chi connectivity index (χ1n) is 7.42. The number of hydrogen-bond donors (Lipinski definition) is 1. The second-order valence-electron chi connectivity index (χ2n) is 6.18. The zero-order valence-corrected chi connectivity index (χ0v) is 12.8. The highest BCUT2D eigenvalue weighted by Crippen LogP contribution is 2.30. The van der Waals surface area contributed by atoms with Crippen LogP contribution in [0, 0.1) is 11.7 Å². The predicted molar refractivity (Wildman–Crippen MR) is 82.5 cm³/mol. The normalized spacial score (nSPS) is 18.6. The van der Waals surface area contributed by atoms with Gasteiger partial charge in [0.1, 0.15) is 5.82 Å². The summed E-state index contributed by atoms with van der Waals surface area (Å²) >= 11 is 0. The summed E-state index contributed by atoms with van der Waals surface area (Å²) in [6, 6.07) is 4.85. The molecule has 0 amide bonds. The van der Waals surface area contributed by atoms with E-state index >= 15 is 0 Å². The van der Waals surface area contributed by atoms with E-state index in [9.17, 15) is 4.39 Å². The molecule has 2 N–H and O–H groups in total. The van der Waals surface area contributed by atoms with Gasteiger partial charge in [0.15, 0.2) is 0 Å².